The predicted octanol–water partition coefficient (Wildman–Crippen LogP) is 1.80. The summed E-state index contributed by atoms with van der Waals surface area (Å²) in [6.45, 7) is 4.76. The zero-order valence-corrected chi connectivity index (χ0v) is 13.8. The van der Waals surface area contributed by atoms with E-state index in [2.05, 4.69) is 11.8 Å². The van der Waals surface area contributed by atoms with Crippen LogP contribution in [0.25, 0.3) is 0 Å². The number of ether oxygens (including phenoxy) is 1. The van der Waals surface area contributed by atoms with E-state index in [0.717, 1.165) is 19.1 Å². The summed E-state index contributed by atoms with van der Waals surface area (Å²) >= 11 is 0. The average Bonchev–Trinajstić information content (AvgIpc) is 3.28. The highest BCUT2D eigenvalue weighted by Crippen LogP contribution is 2.26. The number of nitrogens with zero attached hydrogens (tertiary/aromatic N) is 2. The molecule has 0 heterocycles. The van der Waals surface area contributed by atoms with E-state index in [-0.39, 0.29) is 4.90 Å². The van der Waals surface area contributed by atoms with Crippen molar-refractivity contribution in [3.63, 3.8) is 0 Å². The summed E-state index contributed by atoms with van der Waals surface area (Å²) in [5.74, 6) is 0.708. The minimum atomic E-state index is -3.36. The molecule has 5 nitrogen and oxygen atoms in total. The Bertz CT molecular complexity index is 551. The summed E-state index contributed by atoms with van der Waals surface area (Å²) in [6.07, 6.45) is 2.59. The van der Waals surface area contributed by atoms with E-state index < -0.39 is 10.0 Å². The Morgan fingerprint density at radius 1 is 1.19 bits per heavy atom. The van der Waals surface area contributed by atoms with Gasteiger partial charge in [-0.05, 0) is 43.7 Å². The fourth-order valence-electron chi connectivity index (χ4n) is 2.24. The Labute approximate surface area is 127 Å². The number of benzene rings is 1. The molecule has 1 fully saturated rings. The van der Waals surface area contributed by atoms with Gasteiger partial charge in [-0.25, -0.2) is 12.7 Å². The van der Waals surface area contributed by atoms with Crippen LogP contribution in [0, 0.1) is 0 Å². The van der Waals surface area contributed by atoms with Crippen molar-refractivity contribution in [1.82, 2.24) is 9.21 Å². The van der Waals surface area contributed by atoms with Gasteiger partial charge in [-0.2, -0.15) is 0 Å². The van der Waals surface area contributed by atoms with E-state index in [4.69, 9.17) is 4.74 Å². The minimum absolute atomic E-state index is 0.285. The summed E-state index contributed by atoms with van der Waals surface area (Å²) in [6, 6.07) is 7.34. The van der Waals surface area contributed by atoms with Gasteiger partial charge in [-0.15, -0.1) is 0 Å². The lowest BCUT2D eigenvalue weighted by Crippen LogP contribution is -2.30. The van der Waals surface area contributed by atoms with Crippen LogP contribution in [-0.4, -0.2) is 57.5 Å². The number of hydrogen-bond donors (Lipinski definition) is 0. The third kappa shape index (κ3) is 4.18. The van der Waals surface area contributed by atoms with Gasteiger partial charge in [-0.1, -0.05) is 6.92 Å². The largest absolute Gasteiger partial charge is 0.492 e. The van der Waals surface area contributed by atoms with E-state index >= 15 is 0 Å². The molecule has 0 bridgehead atoms. The Morgan fingerprint density at radius 2 is 1.81 bits per heavy atom. The van der Waals surface area contributed by atoms with Gasteiger partial charge in [0.1, 0.15) is 12.4 Å². The van der Waals surface area contributed by atoms with Crippen molar-refractivity contribution >= 4 is 10.0 Å². The first-order chi connectivity index (χ1) is 9.95. The van der Waals surface area contributed by atoms with Crippen LogP contribution in [0.4, 0.5) is 0 Å². The Balaban J connectivity index is 1.88. The molecule has 0 amide bonds. The average molecular weight is 312 g/mol. The van der Waals surface area contributed by atoms with Gasteiger partial charge in [0.2, 0.25) is 10.0 Å². The van der Waals surface area contributed by atoms with Gasteiger partial charge in [0.15, 0.2) is 0 Å². The molecule has 2 rings (SSSR count). The summed E-state index contributed by atoms with van der Waals surface area (Å²) in [4.78, 5) is 2.71. The standard InChI is InChI=1S/C15H24N2O3S/c1-4-17(13-5-6-13)11-12-20-14-7-9-15(10-8-14)21(18,19)16(2)3/h7-10,13H,4-6,11-12H2,1-3H3. The van der Waals surface area contributed by atoms with Crippen LogP contribution in [-0.2, 0) is 10.0 Å². The van der Waals surface area contributed by atoms with Gasteiger partial charge >= 0.3 is 0 Å². The molecule has 1 aliphatic carbocycles. The molecule has 0 aromatic heterocycles. The second-order valence-electron chi connectivity index (χ2n) is 5.47. The van der Waals surface area contributed by atoms with Crippen LogP contribution in [0.15, 0.2) is 29.2 Å². The molecule has 1 aromatic rings. The maximum Gasteiger partial charge on any atom is 0.242 e. The summed E-state index contributed by atoms with van der Waals surface area (Å²) < 4.78 is 30.8. The van der Waals surface area contributed by atoms with Crippen LogP contribution in [0.5, 0.6) is 5.75 Å². The molecule has 0 saturated heterocycles. The topological polar surface area (TPSA) is 49.9 Å². The van der Waals surface area contributed by atoms with Crippen LogP contribution in [0.1, 0.15) is 19.8 Å². The Kier molecular flexibility index (Phi) is 5.24. The normalized spacial score (nSPS) is 15.7. The maximum atomic E-state index is 11.9. The molecule has 21 heavy (non-hydrogen) atoms. The second kappa shape index (κ2) is 6.77. The van der Waals surface area contributed by atoms with Gasteiger partial charge in [0.05, 0.1) is 4.90 Å². The molecular weight excluding hydrogens is 288 g/mol. The molecule has 6 heteroatoms. The lowest BCUT2D eigenvalue weighted by Gasteiger charge is -2.19. The molecule has 0 aliphatic heterocycles. The van der Waals surface area contributed by atoms with E-state index in [0.29, 0.717) is 12.4 Å². The molecule has 0 N–H and O–H groups in total. The molecule has 0 spiro atoms. The van der Waals surface area contributed by atoms with Gasteiger partial charge in [0, 0.05) is 26.7 Å². The number of rotatable bonds is 8. The van der Waals surface area contributed by atoms with Crippen molar-refractivity contribution in [2.24, 2.45) is 0 Å². The first-order valence-corrected chi connectivity index (χ1v) is 8.78. The Morgan fingerprint density at radius 3 is 2.29 bits per heavy atom. The highest BCUT2D eigenvalue weighted by atomic mass is 32.2. The predicted molar refractivity (Wildman–Crippen MR) is 83.1 cm³/mol. The molecule has 1 aliphatic rings. The smallest absolute Gasteiger partial charge is 0.242 e. The minimum Gasteiger partial charge on any atom is -0.492 e. The van der Waals surface area contributed by atoms with Crippen molar-refractivity contribution in [3.8, 4) is 5.75 Å². The highest BCUT2D eigenvalue weighted by molar-refractivity contribution is 7.89. The van der Waals surface area contributed by atoms with Crippen molar-refractivity contribution in [2.75, 3.05) is 33.8 Å². The van der Waals surface area contributed by atoms with Gasteiger partial charge in [-0.3, -0.25) is 4.90 Å². The monoisotopic (exact) mass is 312 g/mol. The molecule has 118 valence electrons. The number of hydrogen-bond acceptors (Lipinski definition) is 4. The molecule has 1 aromatic carbocycles. The molecule has 0 unspecified atom stereocenters. The van der Waals surface area contributed by atoms with E-state index in [1.165, 1.54) is 31.2 Å². The highest BCUT2D eigenvalue weighted by Gasteiger charge is 2.27. The van der Waals surface area contributed by atoms with Crippen molar-refractivity contribution in [1.29, 1.82) is 0 Å². The van der Waals surface area contributed by atoms with Gasteiger partial charge in [0.25, 0.3) is 0 Å². The lowest BCUT2D eigenvalue weighted by molar-refractivity contribution is 0.209. The first-order valence-electron chi connectivity index (χ1n) is 7.34. The summed E-state index contributed by atoms with van der Waals surface area (Å²) in [7, 11) is -0.315. The van der Waals surface area contributed by atoms with E-state index in [1.54, 1.807) is 24.3 Å². The SMILES string of the molecule is CCN(CCOc1ccc(S(=O)(=O)N(C)C)cc1)C1CC1. The van der Waals surface area contributed by atoms with Crippen LogP contribution < -0.4 is 4.74 Å². The van der Waals surface area contributed by atoms with Crippen LogP contribution in [0.2, 0.25) is 0 Å². The quantitative estimate of drug-likeness (QED) is 0.734. The van der Waals surface area contributed by atoms with E-state index in [9.17, 15) is 8.42 Å². The van der Waals surface area contributed by atoms with Crippen molar-refractivity contribution in [3.05, 3.63) is 24.3 Å². The summed E-state index contributed by atoms with van der Waals surface area (Å²) in [5, 5.41) is 0. The van der Waals surface area contributed by atoms with Crippen molar-refractivity contribution < 1.29 is 13.2 Å². The number of likely N-dealkylation sites (N-methyl/N-ethyl adjacent to an activating group) is 1. The molecule has 0 atom stereocenters. The maximum absolute atomic E-state index is 11.9. The van der Waals surface area contributed by atoms with Crippen LogP contribution in [0.3, 0.4) is 0 Å². The first kappa shape index (κ1) is 16.3. The van der Waals surface area contributed by atoms with Crippen LogP contribution >= 0.6 is 0 Å². The zero-order chi connectivity index (χ0) is 15.5. The third-order valence-electron chi connectivity index (χ3n) is 3.72. The fraction of sp³-hybridized carbons (Fsp3) is 0.600. The molecular formula is C15H24N2O3S. The van der Waals surface area contributed by atoms with Crippen molar-refractivity contribution in [2.45, 2.75) is 30.7 Å². The molecule has 1 saturated carbocycles. The van der Waals surface area contributed by atoms with Gasteiger partial charge < -0.3 is 4.74 Å². The number of sulfonamides is 1. The zero-order valence-electron chi connectivity index (χ0n) is 12.9. The molecule has 0 radical (unpaired) electrons. The second-order valence-corrected chi connectivity index (χ2v) is 7.62. The fourth-order valence-corrected chi connectivity index (χ4v) is 3.14. The lowest BCUT2D eigenvalue weighted by atomic mass is 10.3. The van der Waals surface area contributed by atoms with E-state index in [1.807, 2.05) is 0 Å². The summed E-state index contributed by atoms with van der Waals surface area (Å²) in [5.41, 5.74) is 0. The Hall–Kier alpha value is -1.11. The third-order valence-corrected chi connectivity index (χ3v) is 5.55.